The molecule has 0 amide bonds. The lowest BCUT2D eigenvalue weighted by atomic mass is 10.1. The van der Waals surface area contributed by atoms with Gasteiger partial charge in [-0.3, -0.25) is 0 Å². The molecule has 0 aliphatic carbocycles. The average molecular weight is 291 g/mol. The van der Waals surface area contributed by atoms with Crippen LogP contribution in [0.1, 0.15) is 11.9 Å². The van der Waals surface area contributed by atoms with E-state index in [-0.39, 0.29) is 0 Å². The second-order valence-electron chi connectivity index (χ2n) is 4.02. The summed E-state index contributed by atoms with van der Waals surface area (Å²) in [7, 11) is 0. The molecule has 2 aromatic carbocycles. The number of rotatable bonds is 2. The van der Waals surface area contributed by atoms with E-state index < -0.39 is 6.10 Å². The van der Waals surface area contributed by atoms with E-state index in [2.05, 4.69) is 28.1 Å². The third-order valence-electron chi connectivity index (χ3n) is 2.90. The van der Waals surface area contributed by atoms with Crippen LogP contribution in [0.4, 0.5) is 0 Å². The highest BCUT2D eigenvalue weighted by atomic mass is 79.9. The quantitative estimate of drug-likeness (QED) is 0.724. The molecule has 17 heavy (non-hydrogen) atoms. The Morgan fingerprint density at radius 2 is 1.88 bits per heavy atom. The zero-order valence-corrected chi connectivity index (χ0v) is 10.6. The van der Waals surface area contributed by atoms with E-state index in [0.717, 1.165) is 21.7 Å². The van der Waals surface area contributed by atoms with Gasteiger partial charge in [0, 0.05) is 16.1 Å². The first-order valence-electron chi connectivity index (χ1n) is 5.45. The number of benzene rings is 2. The molecule has 1 atom stereocenters. The summed E-state index contributed by atoms with van der Waals surface area (Å²) in [5.41, 5.74) is 0.845. The van der Waals surface area contributed by atoms with Crippen LogP contribution in [-0.4, -0.2) is 10.4 Å². The van der Waals surface area contributed by atoms with Crippen molar-refractivity contribution < 1.29 is 9.52 Å². The van der Waals surface area contributed by atoms with E-state index in [4.69, 9.17) is 4.42 Å². The van der Waals surface area contributed by atoms with Gasteiger partial charge in [0.25, 0.3) is 0 Å². The zero-order chi connectivity index (χ0) is 11.8. The summed E-state index contributed by atoms with van der Waals surface area (Å²) in [5.74, 6) is 0.605. The molecule has 1 N–H and O–H groups in total. The van der Waals surface area contributed by atoms with Crippen molar-refractivity contribution >= 4 is 37.7 Å². The summed E-state index contributed by atoms with van der Waals surface area (Å²) in [4.78, 5) is 0. The minimum Gasteiger partial charge on any atom is -0.458 e. The monoisotopic (exact) mass is 290 g/mol. The van der Waals surface area contributed by atoms with Gasteiger partial charge in [-0.1, -0.05) is 52.3 Å². The maximum absolute atomic E-state index is 9.76. The molecule has 0 aliphatic heterocycles. The van der Waals surface area contributed by atoms with Gasteiger partial charge in [0.2, 0.25) is 0 Å². The number of furan rings is 1. The summed E-state index contributed by atoms with van der Waals surface area (Å²) in [6, 6.07) is 14.1. The largest absolute Gasteiger partial charge is 0.458 e. The number of aliphatic hydroxyl groups is 1. The Morgan fingerprint density at radius 1 is 1.12 bits per heavy atom. The van der Waals surface area contributed by atoms with Crippen molar-refractivity contribution in [3.63, 3.8) is 0 Å². The van der Waals surface area contributed by atoms with E-state index in [0.29, 0.717) is 11.1 Å². The molecule has 0 spiro atoms. The molecule has 3 heteroatoms. The summed E-state index contributed by atoms with van der Waals surface area (Å²) in [6.07, 6.45) is -0.596. The lowest BCUT2D eigenvalue weighted by Crippen LogP contribution is -1.94. The molecule has 0 aliphatic rings. The first-order chi connectivity index (χ1) is 8.29. The highest BCUT2D eigenvalue weighted by Crippen LogP contribution is 2.30. The fraction of sp³-hybridized carbons (Fsp3) is 0.143. The van der Waals surface area contributed by atoms with Gasteiger partial charge in [-0.05, 0) is 11.5 Å². The second-order valence-corrected chi connectivity index (χ2v) is 4.67. The summed E-state index contributed by atoms with van der Waals surface area (Å²) < 4.78 is 5.75. The van der Waals surface area contributed by atoms with Gasteiger partial charge in [0.05, 0.1) is 0 Å². The van der Waals surface area contributed by atoms with Gasteiger partial charge in [0.1, 0.15) is 17.4 Å². The second kappa shape index (κ2) is 4.17. The fourth-order valence-electron chi connectivity index (χ4n) is 2.03. The molecule has 0 radical (unpaired) electrons. The molecule has 1 heterocycles. The highest BCUT2D eigenvalue weighted by molar-refractivity contribution is 9.09. The lowest BCUT2D eigenvalue weighted by Gasteiger charge is -2.00. The van der Waals surface area contributed by atoms with Crippen molar-refractivity contribution in [2.45, 2.75) is 6.10 Å². The third kappa shape index (κ3) is 1.75. The topological polar surface area (TPSA) is 33.4 Å². The molecule has 0 fully saturated rings. The van der Waals surface area contributed by atoms with Gasteiger partial charge >= 0.3 is 0 Å². The Labute approximate surface area is 107 Å². The van der Waals surface area contributed by atoms with Crippen molar-refractivity contribution in [3.8, 4) is 0 Å². The predicted molar refractivity (Wildman–Crippen MR) is 72.5 cm³/mol. The summed E-state index contributed by atoms with van der Waals surface area (Å²) in [6.45, 7) is 0. The normalized spacial score (nSPS) is 13.3. The van der Waals surface area contributed by atoms with Crippen LogP contribution >= 0.6 is 15.9 Å². The van der Waals surface area contributed by atoms with E-state index in [1.165, 1.54) is 0 Å². The van der Waals surface area contributed by atoms with Gasteiger partial charge in [0.15, 0.2) is 0 Å². The van der Waals surface area contributed by atoms with E-state index in [1.807, 2.05) is 30.3 Å². The van der Waals surface area contributed by atoms with Crippen molar-refractivity contribution in [2.24, 2.45) is 0 Å². The number of aliphatic hydroxyl groups excluding tert-OH is 1. The molecule has 0 bridgehead atoms. The number of alkyl halides is 1. The minimum atomic E-state index is -0.596. The van der Waals surface area contributed by atoms with E-state index in [1.54, 1.807) is 0 Å². The number of fused-ring (bicyclic) bond motifs is 3. The molecule has 3 aromatic rings. The Kier molecular flexibility index (Phi) is 2.65. The first kappa shape index (κ1) is 10.8. The van der Waals surface area contributed by atoms with Crippen LogP contribution in [-0.2, 0) is 0 Å². The SMILES string of the molecule is OC(CBr)c1cc2ccc3ccccc3c2o1. The Bertz CT molecular complexity index is 672. The standard InChI is InChI=1S/C14H11BrO2/c15-8-12(16)13-7-10-6-5-9-3-1-2-4-11(9)14(10)17-13/h1-7,12,16H,8H2. The van der Waals surface area contributed by atoms with E-state index in [9.17, 15) is 5.11 Å². The van der Waals surface area contributed by atoms with Crippen molar-refractivity contribution in [1.82, 2.24) is 0 Å². The summed E-state index contributed by atoms with van der Waals surface area (Å²) >= 11 is 3.25. The number of hydrogen-bond donors (Lipinski definition) is 1. The van der Waals surface area contributed by atoms with E-state index >= 15 is 0 Å². The van der Waals surface area contributed by atoms with Crippen LogP contribution in [0.2, 0.25) is 0 Å². The molecule has 2 nitrogen and oxygen atoms in total. The first-order valence-corrected chi connectivity index (χ1v) is 6.57. The van der Waals surface area contributed by atoms with Crippen molar-refractivity contribution in [3.05, 3.63) is 48.2 Å². The number of halogens is 1. The molecule has 86 valence electrons. The minimum absolute atomic E-state index is 0.477. The highest BCUT2D eigenvalue weighted by Gasteiger charge is 2.13. The molecule has 0 saturated carbocycles. The third-order valence-corrected chi connectivity index (χ3v) is 3.52. The summed E-state index contributed by atoms with van der Waals surface area (Å²) in [5, 5.41) is 13.5. The zero-order valence-electron chi connectivity index (χ0n) is 9.06. The van der Waals surface area contributed by atoms with Crippen LogP contribution in [0.5, 0.6) is 0 Å². The smallest absolute Gasteiger partial charge is 0.142 e. The molecule has 3 rings (SSSR count). The van der Waals surface area contributed by atoms with Gasteiger partial charge in [-0.25, -0.2) is 0 Å². The van der Waals surface area contributed by atoms with Crippen LogP contribution in [0.15, 0.2) is 46.9 Å². The molecule has 1 aromatic heterocycles. The van der Waals surface area contributed by atoms with Crippen LogP contribution in [0.25, 0.3) is 21.7 Å². The lowest BCUT2D eigenvalue weighted by molar-refractivity contribution is 0.178. The number of hydrogen-bond acceptors (Lipinski definition) is 2. The van der Waals surface area contributed by atoms with Crippen LogP contribution < -0.4 is 0 Å². The maximum Gasteiger partial charge on any atom is 0.142 e. The Morgan fingerprint density at radius 3 is 2.71 bits per heavy atom. The molecular formula is C14H11BrO2. The molecule has 0 saturated heterocycles. The van der Waals surface area contributed by atoms with Gasteiger partial charge in [-0.15, -0.1) is 0 Å². The Hall–Kier alpha value is -1.32. The van der Waals surface area contributed by atoms with Crippen LogP contribution in [0, 0.1) is 0 Å². The van der Waals surface area contributed by atoms with Crippen molar-refractivity contribution in [2.75, 3.05) is 5.33 Å². The maximum atomic E-state index is 9.76. The van der Waals surface area contributed by atoms with Gasteiger partial charge in [-0.2, -0.15) is 0 Å². The average Bonchev–Trinajstić information content (AvgIpc) is 2.82. The van der Waals surface area contributed by atoms with Crippen LogP contribution in [0.3, 0.4) is 0 Å². The molecular weight excluding hydrogens is 280 g/mol. The van der Waals surface area contributed by atoms with Gasteiger partial charge < -0.3 is 9.52 Å². The predicted octanol–water partition coefficient (Wildman–Crippen LogP) is 4.01. The van der Waals surface area contributed by atoms with Crippen molar-refractivity contribution in [1.29, 1.82) is 0 Å². The Balaban J connectivity index is 2.31. The fourth-order valence-corrected chi connectivity index (χ4v) is 2.35. The molecule has 1 unspecified atom stereocenters.